The lowest BCUT2D eigenvalue weighted by atomic mass is 10.2. The molecule has 1 unspecified atom stereocenters. The van der Waals surface area contributed by atoms with E-state index in [1.54, 1.807) is 0 Å². The lowest BCUT2D eigenvalue weighted by Crippen LogP contribution is -2.04. The molecule has 0 radical (unpaired) electrons. The molecule has 15 heavy (non-hydrogen) atoms. The third-order valence-electron chi connectivity index (χ3n) is 2.03. The number of hydrogen-bond donors (Lipinski definition) is 0. The van der Waals surface area contributed by atoms with E-state index in [-0.39, 0.29) is 0 Å². The predicted molar refractivity (Wildman–Crippen MR) is 62.4 cm³/mol. The molecule has 1 saturated heterocycles. The number of aryl methyl sites for hydroxylation is 1. The molecule has 1 heterocycles. The van der Waals surface area contributed by atoms with Gasteiger partial charge in [-0.05, 0) is 36.9 Å². The van der Waals surface area contributed by atoms with E-state index in [1.807, 2.05) is 31.2 Å². The van der Waals surface area contributed by atoms with Gasteiger partial charge in [0, 0.05) is 5.75 Å². The molecule has 0 spiro atoms. The van der Waals surface area contributed by atoms with Gasteiger partial charge in [-0.15, -0.1) is 0 Å². The molecule has 0 bridgehead atoms. The van der Waals surface area contributed by atoms with Crippen molar-refractivity contribution in [1.29, 1.82) is 0 Å². The summed E-state index contributed by atoms with van der Waals surface area (Å²) in [5.41, 5.74) is 1.15. The second-order valence-corrected chi connectivity index (χ2v) is 7.49. The highest BCUT2D eigenvalue weighted by molar-refractivity contribution is 8.55. The van der Waals surface area contributed by atoms with Gasteiger partial charge in [0.05, 0.1) is 6.61 Å². The standard InChI is InChI=1S/C10H13O3PS/c1-9-3-5-10(6-4-9)13-14(11)12-7-2-8-15-14/h3-6H,2,7-8H2,1H3. The van der Waals surface area contributed by atoms with E-state index < -0.39 is 6.80 Å². The summed E-state index contributed by atoms with van der Waals surface area (Å²) in [7, 11) is 0. The Morgan fingerprint density at radius 1 is 1.40 bits per heavy atom. The van der Waals surface area contributed by atoms with Crippen LogP contribution in [0.3, 0.4) is 0 Å². The van der Waals surface area contributed by atoms with Crippen LogP contribution in [0, 0.1) is 6.92 Å². The topological polar surface area (TPSA) is 35.5 Å². The lowest BCUT2D eigenvalue weighted by molar-refractivity contribution is 0.277. The van der Waals surface area contributed by atoms with Gasteiger partial charge in [0.1, 0.15) is 5.75 Å². The average molecular weight is 244 g/mol. The van der Waals surface area contributed by atoms with E-state index in [9.17, 15) is 4.57 Å². The molecule has 1 aromatic rings. The predicted octanol–water partition coefficient (Wildman–Crippen LogP) is 3.64. The lowest BCUT2D eigenvalue weighted by Gasteiger charge is -2.21. The quantitative estimate of drug-likeness (QED) is 0.744. The van der Waals surface area contributed by atoms with Crippen molar-refractivity contribution in [3.05, 3.63) is 29.8 Å². The zero-order chi connectivity index (χ0) is 10.7. The molecule has 0 aliphatic carbocycles. The minimum atomic E-state index is -2.93. The maximum Gasteiger partial charge on any atom is 0.440 e. The summed E-state index contributed by atoms with van der Waals surface area (Å²) >= 11 is 1.28. The van der Waals surface area contributed by atoms with Crippen LogP contribution in [0.25, 0.3) is 0 Å². The molecule has 5 heteroatoms. The van der Waals surface area contributed by atoms with E-state index in [1.165, 1.54) is 11.4 Å². The van der Waals surface area contributed by atoms with E-state index >= 15 is 0 Å². The van der Waals surface area contributed by atoms with Gasteiger partial charge >= 0.3 is 6.80 Å². The molecule has 1 aliphatic heterocycles. The Labute approximate surface area is 93.4 Å². The number of hydrogen-bond acceptors (Lipinski definition) is 4. The van der Waals surface area contributed by atoms with Crippen LogP contribution in [-0.2, 0) is 9.09 Å². The Morgan fingerprint density at radius 3 is 2.73 bits per heavy atom. The molecule has 1 aliphatic rings. The van der Waals surface area contributed by atoms with Gasteiger partial charge in [-0.3, -0.25) is 4.52 Å². The fraction of sp³-hybridized carbons (Fsp3) is 0.400. The van der Waals surface area contributed by atoms with Gasteiger partial charge in [0.15, 0.2) is 0 Å². The van der Waals surface area contributed by atoms with E-state index in [0.29, 0.717) is 12.4 Å². The largest absolute Gasteiger partial charge is 0.440 e. The molecule has 1 atom stereocenters. The first-order chi connectivity index (χ1) is 7.18. The fourth-order valence-corrected chi connectivity index (χ4v) is 4.53. The number of benzene rings is 1. The van der Waals surface area contributed by atoms with Gasteiger partial charge < -0.3 is 4.52 Å². The first-order valence-electron chi connectivity index (χ1n) is 4.83. The Bertz CT molecular complexity index is 367. The highest BCUT2D eigenvalue weighted by Gasteiger charge is 2.30. The van der Waals surface area contributed by atoms with Crippen molar-refractivity contribution in [2.24, 2.45) is 0 Å². The molecule has 1 fully saturated rings. The van der Waals surface area contributed by atoms with Crippen LogP contribution in [0.1, 0.15) is 12.0 Å². The molecule has 0 saturated carbocycles. The summed E-state index contributed by atoms with van der Waals surface area (Å²) in [4.78, 5) is 0. The summed E-state index contributed by atoms with van der Waals surface area (Å²) < 4.78 is 22.6. The minimum absolute atomic E-state index is 0.524. The van der Waals surface area contributed by atoms with E-state index in [2.05, 4.69) is 0 Å². The van der Waals surface area contributed by atoms with E-state index in [0.717, 1.165) is 17.7 Å². The average Bonchev–Trinajstić information content (AvgIpc) is 2.22. The van der Waals surface area contributed by atoms with Crippen molar-refractivity contribution in [1.82, 2.24) is 0 Å². The summed E-state index contributed by atoms with van der Waals surface area (Å²) in [5, 5.41) is 0. The van der Waals surface area contributed by atoms with Crippen molar-refractivity contribution in [3.63, 3.8) is 0 Å². The molecular formula is C10H13O3PS. The van der Waals surface area contributed by atoms with Gasteiger partial charge in [0.2, 0.25) is 0 Å². The molecular weight excluding hydrogens is 231 g/mol. The summed E-state index contributed by atoms with van der Waals surface area (Å²) in [6, 6.07) is 7.48. The smallest absolute Gasteiger partial charge is 0.417 e. The van der Waals surface area contributed by atoms with Crippen LogP contribution in [-0.4, -0.2) is 12.4 Å². The third kappa shape index (κ3) is 3.00. The Balaban J connectivity index is 2.07. The Kier molecular flexibility index (Phi) is 3.39. The molecule has 2 rings (SSSR count). The highest BCUT2D eigenvalue weighted by Crippen LogP contribution is 2.62. The van der Waals surface area contributed by atoms with Crippen LogP contribution in [0.15, 0.2) is 24.3 Å². The third-order valence-corrected chi connectivity index (χ3v) is 5.78. The molecule has 1 aromatic carbocycles. The van der Waals surface area contributed by atoms with Crippen LogP contribution >= 0.6 is 18.2 Å². The SMILES string of the molecule is Cc1ccc(OP2(=O)OCCCS2)cc1. The second-order valence-electron chi connectivity index (χ2n) is 3.37. The van der Waals surface area contributed by atoms with Gasteiger partial charge in [-0.2, -0.15) is 0 Å². The summed E-state index contributed by atoms with van der Waals surface area (Å²) in [5.74, 6) is 1.45. The normalized spacial score (nSPS) is 26.2. The van der Waals surface area contributed by atoms with Crippen LogP contribution < -0.4 is 4.52 Å². The molecule has 82 valence electrons. The van der Waals surface area contributed by atoms with Crippen molar-refractivity contribution >= 4 is 18.2 Å². The molecule has 0 amide bonds. The van der Waals surface area contributed by atoms with Crippen LogP contribution in [0.5, 0.6) is 5.75 Å². The summed E-state index contributed by atoms with van der Waals surface area (Å²) in [6.07, 6.45) is 0.936. The maximum absolute atomic E-state index is 12.0. The molecule has 0 aromatic heterocycles. The highest BCUT2D eigenvalue weighted by atomic mass is 32.7. The first kappa shape index (κ1) is 11.1. The van der Waals surface area contributed by atoms with Crippen LogP contribution in [0.2, 0.25) is 0 Å². The van der Waals surface area contributed by atoms with Gasteiger partial charge in [0.25, 0.3) is 0 Å². The van der Waals surface area contributed by atoms with Crippen molar-refractivity contribution in [2.75, 3.05) is 12.4 Å². The summed E-state index contributed by atoms with van der Waals surface area (Å²) in [6.45, 7) is -0.412. The maximum atomic E-state index is 12.0. The van der Waals surface area contributed by atoms with Crippen molar-refractivity contribution in [3.8, 4) is 5.75 Å². The van der Waals surface area contributed by atoms with Crippen molar-refractivity contribution in [2.45, 2.75) is 13.3 Å². The Hall–Kier alpha value is -0.440. The molecule has 0 N–H and O–H groups in total. The number of rotatable bonds is 2. The van der Waals surface area contributed by atoms with Crippen molar-refractivity contribution < 1.29 is 13.6 Å². The minimum Gasteiger partial charge on any atom is -0.417 e. The zero-order valence-electron chi connectivity index (χ0n) is 8.51. The zero-order valence-corrected chi connectivity index (χ0v) is 10.2. The Morgan fingerprint density at radius 2 is 2.13 bits per heavy atom. The molecule has 3 nitrogen and oxygen atoms in total. The fourth-order valence-electron chi connectivity index (χ4n) is 1.23. The monoisotopic (exact) mass is 244 g/mol. The second kappa shape index (κ2) is 4.60. The van der Waals surface area contributed by atoms with Gasteiger partial charge in [-0.1, -0.05) is 17.7 Å². The van der Waals surface area contributed by atoms with E-state index in [4.69, 9.17) is 9.05 Å². The van der Waals surface area contributed by atoms with Crippen LogP contribution in [0.4, 0.5) is 0 Å². The first-order valence-corrected chi connectivity index (χ1v) is 7.97. The van der Waals surface area contributed by atoms with Gasteiger partial charge in [-0.25, -0.2) is 4.57 Å².